The van der Waals surface area contributed by atoms with Gasteiger partial charge in [0, 0.05) is 13.0 Å². The lowest BCUT2D eigenvalue weighted by molar-refractivity contribution is -0.121. The molecular formula is C18H23FN2O5S. The highest BCUT2D eigenvalue weighted by Gasteiger charge is 2.00. The molecule has 0 aliphatic carbocycles. The molecule has 2 rings (SSSR count). The van der Waals surface area contributed by atoms with Crippen molar-refractivity contribution in [3.63, 3.8) is 0 Å². The first-order chi connectivity index (χ1) is 12.7. The third-order valence-electron chi connectivity index (χ3n) is 3.06. The zero-order valence-electron chi connectivity index (χ0n) is 15.1. The van der Waals surface area contributed by atoms with Gasteiger partial charge < -0.3 is 4.74 Å². The predicted molar refractivity (Wildman–Crippen MR) is 99.9 cm³/mol. The summed E-state index contributed by atoms with van der Waals surface area (Å²) < 4.78 is 44.5. The molecule has 0 unspecified atom stereocenters. The van der Waals surface area contributed by atoms with Crippen molar-refractivity contribution in [2.24, 2.45) is 0 Å². The Bertz CT molecular complexity index is 818. The molecule has 0 radical (unpaired) electrons. The van der Waals surface area contributed by atoms with E-state index in [1.54, 1.807) is 13.0 Å². The topological polar surface area (TPSA) is 105 Å². The van der Waals surface area contributed by atoms with Gasteiger partial charge in [0.05, 0.1) is 6.26 Å². The van der Waals surface area contributed by atoms with Crippen molar-refractivity contribution in [1.29, 1.82) is 0 Å². The average Bonchev–Trinajstić information content (AvgIpc) is 2.59. The van der Waals surface area contributed by atoms with Crippen LogP contribution in [0.1, 0.15) is 24.5 Å². The summed E-state index contributed by atoms with van der Waals surface area (Å²) >= 11 is 0. The Morgan fingerprint density at radius 3 is 2.33 bits per heavy atom. The smallest absolute Gasteiger partial charge is 0.261 e. The summed E-state index contributed by atoms with van der Waals surface area (Å²) in [7, 11) is -3.67. The first-order valence-electron chi connectivity index (χ1n) is 8.07. The predicted octanol–water partition coefficient (Wildman–Crippen LogP) is 2.44. The summed E-state index contributed by atoms with van der Waals surface area (Å²) in [4.78, 5) is 11.1. The zero-order chi connectivity index (χ0) is 20.3. The van der Waals surface area contributed by atoms with Crippen LogP contribution in [0.4, 0.5) is 4.39 Å². The van der Waals surface area contributed by atoms with Crippen LogP contribution in [-0.2, 0) is 28.1 Å². The molecule has 7 nitrogen and oxygen atoms in total. The second-order valence-electron chi connectivity index (χ2n) is 5.55. The maximum absolute atomic E-state index is 13.1. The molecule has 0 aliphatic rings. The second kappa shape index (κ2) is 11.3. The third kappa shape index (κ3) is 11.7. The van der Waals surface area contributed by atoms with Crippen molar-refractivity contribution in [3.8, 4) is 5.75 Å². The molecule has 0 aliphatic heterocycles. The molecule has 1 amide bonds. The van der Waals surface area contributed by atoms with Gasteiger partial charge in [-0.2, -0.15) is 8.42 Å². The van der Waals surface area contributed by atoms with Crippen molar-refractivity contribution >= 4 is 16.0 Å². The molecule has 0 aromatic heterocycles. The van der Waals surface area contributed by atoms with E-state index in [1.807, 2.05) is 30.3 Å². The number of hydrogen-bond acceptors (Lipinski definition) is 5. The van der Waals surface area contributed by atoms with Crippen LogP contribution in [0.25, 0.3) is 0 Å². The number of halogens is 1. The standard InChI is InChI=1S/C17H19FN2O2.CH4O3S/c1-2-17(21)20-19-11-13-6-8-16(9-7-13)22-12-14-4-3-5-15(18)10-14;1-5(2,3)4/h3-10,19H,2,11-12H2,1H3,(H,20,21);1H3,(H,2,3,4). The molecule has 0 atom stereocenters. The van der Waals surface area contributed by atoms with Gasteiger partial charge in [0.25, 0.3) is 10.1 Å². The number of hydrazine groups is 1. The number of carbonyl (C=O) groups excluding carboxylic acids is 1. The minimum absolute atomic E-state index is 0.0463. The minimum atomic E-state index is -3.67. The van der Waals surface area contributed by atoms with Gasteiger partial charge in [-0.25, -0.2) is 9.82 Å². The van der Waals surface area contributed by atoms with E-state index < -0.39 is 10.1 Å². The summed E-state index contributed by atoms with van der Waals surface area (Å²) in [5, 5.41) is 0. The number of carbonyl (C=O) groups is 1. The zero-order valence-corrected chi connectivity index (χ0v) is 15.9. The van der Waals surface area contributed by atoms with Gasteiger partial charge in [0.1, 0.15) is 18.2 Å². The molecule has 2 aromatic carbocycles. The van der Waals surface area contributed by atoms with E-state index in [4.69, 9.17) is 9.29 Å². The van der Waals surface area contributed by atoms with Crippen molar-refractivity contribution in [2.45, 2.75) is 26.5 Å². The highest BCUT2D eigenvalue weighted by Crippen LogP contribution is 2.14. The van der Waals surface area contributed by atoms with Crippen LogP contribution in [0, 0.1) is 5.82 Å². The third-order valence-corrected chi connectivity index (χ3v) is 3.06. The maximum Gasteiger partial charge on any atom is 0.261 e. The van der Waals surface area contributed by atoms with Gasteiger partial charge in [0.15, 0.2) is 0 Å². The second-order valence-corrected chi connectivity index (χ2v) is 7.02. The molecule has 0 fully saturated rings. The van der Waals surface area contributed by atoms with Gasteiger partial charge in [0.2, 0.25) is 5.91 Å². The Balaban J connectivity index is 0.000000646. The highest BCUT2D eigenvalue weighted by atomic mass is 32.2. The molecule has 0 heterocycles. The van der Waals surface area contributed by atoms with Crippen molar-refractivity contribution in [3.05, 3.63) is 65.5 Å². The quantitative estimate of drug-likeness (QED) is 0.489. The summed E-state index contributed by atoms with van der Waals surface area (Å²) in [6, 6.07) is 13.8. The lowest BCUT2D eigenvalue weighted by atomic mass is 10.2. The number of amides is 1. The van der Waals surface area contributed by atoms with E-state index in [9.17, 15) is 17.6 Å². The summed E-state index contributed by atoms with van der Waals surface area (Å²) in [5.74, 6) is 0.400. The van der Waals surface area contributed by atoms with Gasteiger partial charge in [-0.15, -0.1) is 0 Å². The largest absolute Gasteiger partial charge is 0.489 e. The van der Waals surface area contributed by atoms with Crippen LogP contribution < -0.4 is 15.6 Å². The first kappa shape index (κ1) is 22.6. The van der Waals surface area contributed by atoms with E-state index in [-0.39, 0.29) is 11.7 Å². The number of benzene rings is 2. The van der Waals surface area contributed by atoms with Gasteiger partial charge in [-0.1, -0.05) is 31.2 Å². The Hall–Kier alpha value is -2.49. The molecule has 0 saturated heterocycles. The highest BCUT2D eigenvalue weighted by molar-refractivity contribution is 7.85. The normalized spacial score (nSPS) is 10.5. The van der Waals surface area contributed by atoms with Crippen molar-refractivity contribution in [2.75, 3.05) is 6.26 Å². The van der Waals surface area contributed by atoms with Crippen LogP contribution in [0.3, 0.4) is 0 Å². The number of ether oxygens (including phenoxy) is 1. The molecule has 2 aromatic rings. The van der Waals surface area contributed by atoms with Gasteiger partial charge in [-0.3, -0.25) is 14.8 Å². The first-order valence-corrected chi connectivity index (χ1v) is 9.92. The van der Waals surface area contributed by atoms with Crippen molar-refractivity contribution in [1.82, 2.24) is 10.9 Å². The summed E-state index contributed by atoms with van der Waals surface area (Å²) in [6.07, 6.45) is 1.16. The van der Waals surface area contributed by atoms with E-state index in [0.29, 0.717) is 31.6 Å². The minimum Gasteiger partial charge on any atom is -0.489 e. The Labute approximate surface area is 158 Å². The van der Waals surface area contributed by atoms with E-state index in [0.717, 1.165) is 11.1 Å². The lowest BCUT2D eigenvalue weighted by Gasteiger charge is -2.09. The Morgan fingerprint density at radius 1 is 1.15 bits per heavy atom. The molecule has 148 valence electrons. The SMILES string of the molecule is CCC(=O)NNCc1ccc(OCc2cccc(F)c2)cc1.CS(=O)(=O)O. The fraction of sp³-hybridized carbons (Fsp3) is 0.278. The van der Waals surface area contributed by atoms with E-state index in [2.05, 4.69) is 10.9 Å². The van der Waals surface area contributed by atoms with Crippen LogP contribution in [0.2, 0.25) is 0 Å². The molecule has 0 spiro atoms. The lowest BCUT2D eigenvalue weighted by Crippen LogP contribution is -2.36. The molecule has 0 saturated carbocycles. The van der Waals surface area contributed by atoms with Crippen LogP contribution >= 0.6 is 0 Å². The van der Waals surface area contributed by atoms with E-state index in [1.165, 1.54) is 12.1 Å². The van der Waals surface area contributed by atoms with Crippen LogP contribution in [-0.4, -0.2) is 25.1 Å². The maximum atomic E-state index is 13.1. The number of hydrogen-bond donors (Lipinski definition) is 3. The van der Waals surface area contributed by atoms with Crippen LogP contribution in [0.15, 0.2) is 48.5 Å². The fourth-order valence-corrected chi connectivity index (χ4v) is 1.83. The van der Waals surface area contributed by atoms with Crippen LogP contribution in [0.5, 0.6) is 5.75 Å². The summed E-state index contributed by atoms with van der Waals surface area (Å²) in [5.41, 5.74) is 7.25. The number of rotatable bonds is 7. The molecule has 9 heteroatoms. The molecule has 3 N–H and O–H groups in total. The number of nitrogens with one attached hydrogen (secondary N) is 2. The average molecular weight is 398 g/mol. The molecule has 27 heavy (non-hydrogen) atoms. The van der Waals surface area contributed by atoms with E-state index >= 15 is 0 Å². The molecular weight excluding hydrogens is 375 g/mol. The summed E-state index contributed by atoms with van der Waals surface area (Å²) in [6.45, 7) is 2.65. The Kier molecular flexibility index (Phi) is 9.41. The molecule has 0 bridgehead atoms. The fourth-order valence-electron chi connectivity index (χ4n) is 1.83. The van der Waals surface area contributed by atoms with Gasteiger partial charge >= 0.3 is 0 Å². The van der Waals surface area contributed by atoms with Crippen molar-refractivity contribution < 1.29 is 26.9 Å². The van der Waals surface area contributed by atoms with Gasteiger partial charge in [-0.05, 0) is 35.4 Å². The Morgan fingerprint density at radius 2 is 1.78 bits per heavy atom. The monoisotopic (exact) mass is 398 g/mol.